The Bertz CT molecular complexity index is 972. The van der Waals surface area contributed by atoms with Gasteiger partial charge in [0.2, 0.25) is 0 Å². The minimum absolute atomic E-state index is 0.178. The van der Waals surface area contributed by atoms with Crippen LogP contribution in [0.25, 0.3) is 0 Å². The molecule has 2 heterocycles. The molecule has 1 amide bonds. The Morgan fingerprint density at radius 3 is 2.85 bits per heavy atom. The van der Waals surface area contributed by atoms with Gasteiger partial charge in [-0.05, 0) is 42.3 Å². The van der Waals surface area contributed by atoms with E-state index in [1.807, 2.05) is 30.3 Å². The van der Waals surface area contributed by atoms with E-state index in [1.54, 1.807) is 23.5 Å². The Kier molecular flexibility index (Phi) is 4.77. The molecule has 27 heavy (non-hydrogen) atoms. The van der Waals surface area contributed by atoms with Gasteiger partial charge in [0.25, 0.3) is 5.91 Å². The second kappa shape index (κ2) is 7.36. The predicted octanol–water partition coefficient (Wildman–Crippen LogP) is 4.23. The third-order valence-electron chi connectivity index (χ3n) is 4.57. The summed E-state index contributed by atoms with van der Waals surface area (Å²) in [4.78, 5) is 18.8. The van der Waals surface area contributed by atoms with Crippen LogP contribution in [-0.4, -0.2) is 29.4 Å². The molecule has 1 aliphatic heterocycles. The molecule has 1 aromatic heterocycles. The average molecular weight is 383 g/mol. The molecule has 138 valence electrons. The van der Waals surface area contributed by atoms with Crippen LogP contribution in [0.3, 0.4) is 0 Å². The Hall–Kier alpha value is -2.93. The van der Waals surface area contributed by atoms with E-state index in [1.165, 1.54) is 17.4 Å². The van der Waals surface area contributed by atoms with Crippen molar-refractivity contribution in [3.8, 4) is 5.75 Å². The molecule has 0 saturated carbocycles. The molecule has 0 atom stereocenters. The van der Waals surface area contributed by atoms with Crippen molar-refractivity contribution in [3.05, 3.63) is 70.5 Å². The molecule has 2 aromatic carbocycles. The monoisotopic (exact) mass is 383 g/mol. The third-order valence-corrected chi connectivity index (χ3v) is 5.33. The largest absolute Gasteiger partial charge is 0.497 e. The lowest BCUT2D eigenvalue weighted by atomic mass is 9.99. The number of benzene rings is 2. The summed E-state index contributed by atoms with van der Waals surface area (Å²) in [5, 5.41) is 5.54. The fourth-order valence-corrected chi connectivity index (χ4v) is 3.81. The van der Waals surface area contributed by atoms with Crippen LogP contribution in [0.2, 0.25) is 0 Å². The van der Waals surface area contributed by atoms with Gasteiger partial charge in [-0.3, -0.25) is 4.79 Å². The zero-order valence-corrected chi connectivity index (χ0v) is 15.6. The maximum Gasteiger partial charge on any atom is 0.273 e. The summed E-state index contributed by atoms with van der Waals surface area (Å²) >= 11 is 1.36. The first-order chi connectivity index (χ1) is 13.1. The van der Waals surface area contributed by atoms with Crippen LogP contribution < -0.4 is 10.1 Å². The summed E-state index contributed by atoms with van der Waals surface area (Å²) < 4.78 is 19.2. The normalized spacial score (nSPS) is 13.2. The number of nitrogens with one attached hydrogen (secondary N) is 1. The van der Waals surface area contributed by atoms with Gasteiger partial charge in [0.1, 0.15) is 17.3 Å². The fraction of sp³-hybridized carbons (Fsp3) is 0.200. The molecule has 1 aliphatic rings. The number of thiazole rings is 1. The zero-order valence-electron chi connectivity index (χ0n) is 14.7. The number of hydrogen-bond donors (Lipinski definition) is 1. The number of halogens is 1. The molecule has 0 fully saturated rings. The Morgan fingerprint density at radius 2 is 2.07 bits per heavy atom. The highest BCUT2D eigenvalue weighted by molar-refractivity contribution is 7.14. The quantitative estimate of drug-likeness (QED) is 0.732. The molecule has 0 unspecified atom stereocenters. The van der Waals surface area contributed by atoms with E-state index in [9.17, 15) is 9.18 Å². The van der Waals surface area contributed by atoms with Crippen LogP contribution in [0.4, 0.5) is 15.2 Å². The number of aromatic nitrogens is 1. The van der Waals surface area contributed by atoms with Crippen LogP contribution in [0, 0.1) is 5.82 Å². The van der Waals surface area contributed by atoms with Crippen LogP contribution in [-0.2, 0) is 13.0 Å². The van der Waals surface area contributed by atoms with Crippen molar-refractivity contribution in [2.45, 2.75) is 13.0 Å². The van der Waals surface area contributed by atoms with Crippen molar-refractivity contribution in [2.75, 3.05) is 19.0 Å². The number of anilines is 2. The van der Waals surface area contributed by atoms with E-state index in [0.717, 1.165) is 17.0 Å². The molecule has 0 radical (unpaired) electrons. The Balaban J connectivity index is 1.46. The minimum Gasteiger partial charge on any atom is -0.497 e. The number of fused-ring (bicyclic) bond motifs is 1. The van der Waals surface area contributed by atoms with Gasteiger partial charge in [-0.2, -0.15) is 0 Å². The third kappa shape index (κ3) is 3.64. The molecular formula is C20H18FN3O2S. The first-order valence-electron chi connectivity index (χ1n) is 8.56. The molecule has 0 saturated heterocycles. The second-order valence-corrected chi connectivity index (χ2v) is 7.10. The lowest BCUT2D eigenvalue weighted by Gasteiger charge is -2.28. The van der Waals surface area contributed by atoms with Crippen molar-refractivity contribution in [2.24, 2.45) is 0 Å². The molecule has 7 heteroatoms. The molecule has 3 aromatic rings. The lowest BCUT2D eigenvalue weighted by molar-refractivity contribution is 0.0727. The first-order valence-corrected chi connectivity index (χ1v) is 9.44. The standard InChI is InChI=1S/C20H18FN3O2S/c1-26-15-7-5-14(6-8-15)22-20-23-18(12-27-20)19(25)24-10-9-13-3-2-4-17(21)16(13)11-24/h2-8,12H,9-11H2,1H3,(H,22,23). The fourth-order valence-electron chi connectivity index (χ4n) is 3.10. The van der Waals surface area contributed by atoms with Crippen LogP contribution in [0.5, 0.6) is 5.75 Å². The summed E-state index contributed by atoms with van der Waals surface area (Å²) in [6.07, 6.45) is 0.653. The number of ether oxygens (including phenoxy) is 1. The summed E-state index contributed by atoms with van der Waals surface area (Å²) in [6.45, 7) is 0.841. The number of amides is 1. The lowest BCUT2D eigenvalue weighted by Crippen LogP contribution is -2.36. The summed E-state index contributed by atoms with van der Waals surface area (Å²) in [7, 11) is 1.62. The van der Waals surface area contributed by atoms with E-state index in [4.69, 9.17) is 4.74 Å². The van der Waals surface area contributed by atoms with Gasteiger partial charge >= 0.3 is 0 Å². The van der Waals surface area contributed by atoms with Crippen molar-refractivity contribution in [1.82, 2.24) is 9.88 Å². The molecule has 0 aliphatic carbocycles. The van der Waals surface area contributed by atoms with E-state index in [-0.39, 0.29) is 18.3 Å². The summed E-state index contributed by atoms with van der Waals surface area (Å²) in [5.41, 5.74) is 2.80. The highest BCUT2D eigenvalue weighted by atomic mass is 32.1. The highest BCUT2D eigenvalue weighted by Crippen LogP contribution is 2.26. The highest BCUT2D eigenvalue weighted by Gasteiger charge is 2.25. The topological polar surface area (TPSA) is 54.5 Å². The maximum atomic E-state index is 14.0. The molecule has 4 rings (SSSR count). The smallest absolute Gasteiger partial charge is 0.273 e. The van der Waals surface area contributed by atoms with Crippen molar-refractivity contribution >= 4 is 28.1 Å². The van der Waals surface area contributed by atoms with E-state index in [2.05, 4.69) is 10.3 Å². The Morgan fingerprint density at radius 1 is 1.26 bits per heavy atom. The molecule has 0 bridgehead atoms. The first kappa shape index (κ1) is 17.5. The molecule has 1 N–H and O–H groups in total. The zero-order chi connectivity index (χ0) is 18.8. The van der Waals surface area contributed by atoms with Gasteiger partial charge in [0, 0.05) is 29.7 Å². The van der Waals surface area contributed by atoms with Crippen LogP contribution in [0.1, 0.15) is 21.6 Å². The van der Waals surface area contributed by atoms with Gasteiger partial charge < -0.3 is 15.0 Å². The van der Waals surface area contributed by atoms with Gasteiger partial charge in [0.05, 0.1) is 7.11 Å². The van der Waals surface area contributed by atoms with Crippen molar-refractivity contribution in [1.29, 1.82) is 0 Å². The number of carbonyl (C=O) groups excluding carboxylic acids is 1. The van der Waals surface area contributed by atoms with Gasteiger partial charge in [-0.1, -0.05) is 12.1 Å². The van der Waals surface area contributed by atoms with Crippen LogP contribution >= 0.6 is 11.3 Å². The second-order valence-electron chi connectivity index (χ2n) is 6.25. The molecule has 0 spiro atoms. The average Bonchev–Trinajstić information content (AvgIpc) is 3.16. The van der Waals surface area contributed by atoms with Crippen molar-refractivity contribution < 1.29 is 13.9 Å². The van der Waals surface area contributed by atoms with Crippen LogP contribution in [0.15, 0.2) is 47.8 Å². The van der Waals surface area contributed by atoms with E-state index >= 15 is 0 Å². The number of rotatable bonds is 4. The number of methoxy groups -OCH3 is 1. The molecule has 5 nitrogen and oxygen atoms in total. The van der Waals surface area contributed by atoms with Gasteiger partial charge in [0.15, 0.2) is 5.13 Å². The number of hydrogen-bond acceptors (Lipinski definition) is 5. The van der Waals surface area contributed by atoms with E-state index in [0.29, 0.717) is 29.4 Å². The number of nitrogens with zero attached hydrogens (tertiary/aromatic N) is 2. The summed E-state index contributed by atoms with van der Waals surface area (Å²) in [6, 6.07) is 12.5. The van der Waals surface area contributed by atoms with Crippen molar-refractivity contribution in [3.63, 3.8) is 0 Å². The van der Waals surface area contributed by atoms with Gasteiger partial charge in [-0.15, -0.1) is 11.3 Å². The SMILES string of the molecule is COc1ccc(Nc2nc(C(=O)N3CCc4cccc(F)c4C3)cs2)cc1. The number of carbonyl (C=O) groups is 1. The minimum atomic E-state index is -0.259. The van der Waals surface area contributed by atoms with E-state index < -0.39 is 0 Å². The Labute approximate surface area is 160 Å². The maximum absolute atomic E-state index is 14.0. The summed E-state index contributed by atoms with van der Waals surface area (Å²) in [5.74, 6) is 0.334. The van der Waals surface area contributed by atoms with Gasteiger partial charge in [-0.25, -0.2) is 9.37 Å². The predicted molar refractivity (Wildman–Crippen MR) is 103 cm³/mol. The molecular weight excluding hydrogens is 365 g/mol.